The minimum absolute atomic E-state index is 0.245. The van der Waals surface area contributed by atoms with Crippen LogP contribution in [0.2, 0.25) is 5.15 Å². The number of nitrogens with zero attached hydrogens (tertiary/aromatic N) is 3. The Bertz CT molecular complexity index is 600. The first-order valence-corrected chi connectivity index (χ1v) is 5.50. The molecule has 0 aliphatic carbocycles. The van der Waals surface area contributed by atoms with Crippen LogP contribution in [0.25, 0.3) is 11.3 Å². The summed E-state index contributed by atoms with van der Waals surface area (Å²) in [6, 6.07) is 5.84. The maximum atomic E-state index is 9.00. The normalized spacial score (nSPS) is 10.0. The molecule has 0 amide bonds. The van der Waals surface area contributed by atoms with Crippen LogP contribution in [0.15, 0.2) is 24.5 Å². The van der Waals surface area contributed by atoms with Crippen LogP contribution in [0, 0.1) is 25.2 Å². The second-order valence-electron chi connectivity index (χ2n) is 3.73. The SMILES string of the molecule is Cc1c(-c2cccnc2)nc(Cl)c(C#N)c1C. The second kappa shape index (κ2) is 4.52. The van der Waals surface area contributed by atoms with E-state index in [1.165, 1.54) is 0 Å². The third-order valence-electron chi connectivity index (χ3n) is 2.76. The van der Waals surface area contributed by atoms with Gasteiger partial charge in [-0.25, -0.2) is 4.98 Å². The first-order valence-electron chi connectivity index (χ1n) is 5.12. The van der Waals surface area contributed by atoms with Crippen molar-refractivity contribution in [2.75, 3.05) is 0 Å². The number of pyridine rings is 2. The van der Waals surface area contributed by atoms with Gasteiger partial charge < -0.3 is 0 Å². The van der Waals surface area contributed by atoms with Gasteiger partial charge in [0.05, 0.1) is 11.3 Å². The Morgan fingerprint density at radius 3 is 2.65 bits per heavy atom. The molecule has 0 saturated carbocycles. The largest absolute Gasteiger partial charge is 0.264 e. The van der Waals surface area contributed by atoms with E-state index in [1.807, 2.05) is 26.0 Å². The van der Waals surface area contributed by atoms with E-state index in [0.29, 0.717) is 5.56 Å². The van der Waals surface area contributed by atoms with E-state index in [0.717, 1.165) is 22.4 Å². The summed E-state index contributed by atoms with van der Waals surface area (Å²) >= 11 is 6.00. The Labute approximate surface area is 105 Å². The molecule has 0 aliphatic rings. The maximum absolute atomic E-state index is 9.00. The minimum Gasteiger partial charge on any atom is -0.264 e. The molecule has 4 heteroatoms. The quantitative estimate of drug-likeness (QED) is 0.722. The van der Waals surface area contributed by atoms with Crippen LogP contribution < -0.4 is 0 Å². The summed E-state index contributed by atoms with van der Waals surface area (Å²) in [7, 11) is 0. The lowest BCUT2D eigenvalue weighted by Crippen LogP contribution is -1.97. The van der Waals surface area contributed by atoms with Crippen molar-refractivity contribution in [3.8, 4) is 17.3 Å². The van der Waals surface area contributed by atoms with Crippen LogP contribution in [0.3, 0.4) is 0 Å². The van der Waals surface area contributed by atoms with Crippen LogP contribution >= 0.6 is 11.6 Å². The molecule has 0 saturated heterocycles. The van der Waals surface area contributed by atoms with Crippen molar-refractivity contribution in [3.63, 3.8) is 0 Å². The highest BCUT2D eigenvalue weighted by Gasteiger charge is 2.13. The van der Waals surface area contributed by atoms with Crippen molar-refractivity contribution < 1.29 is 0 Å². The molecule has 0 spiro atoms. The smallest absolute Gasteiger partial charge is 0.147 e. The Kier molecular flexibility index (Phi) is 3.08. The van der Waals surface area contributed by atoms with Gasteiger partial charge in [-0.2, -0.15) is 5.26 Å². The molecule has 2 heterocycles. The molecule has 0 aliphatic heterocycles. The van der Waals surface area contributed by atoms with Crippen LogP contribution in [0.4, 0.5) is 0 Å². The van der Waals surface area contributed by atoms with E-state index in [9.17, 15) is 0 Å². The fourth-order valence-corrected chi connectivity index (χ4v) is 1.94. The lowest BCUT2D eigenvalue weighted by molar-refractivity contribution is 1.19. The van der Waals surface area contributed by atoms with E-state index < -0.39 is 0 Å². The van der Waals surface area contributed by atoms with Gasteiger partial charge in [0.2, 0.25) is 0 Å². The topological polar surface area (TPSA) is 49.6 Å². The van der Waals surface area contributed by atoms with Crippen LogP contribution in [-0.2, 0) is 0 Å². The lowest BCUT2D eigenvalue weighted by Gasteiger charge is -2.10. The first-order chi connectivity index (χ1) is 8.15. The predicted octanol–water partition coefficient (Wildman–Crippen LogP) is 3.29. The highest BCUT2D eigenvalue weighted by molar-refractivity contribution is 6.30. The summed E-state index contributed by atoms with van der Waals surface area (Å²) in [5.41, 5.74) is 3.95. The van der Waals surface area contributed by atoms with Crippen molar-refractivity contribution >= 4 is 11.6 Å². The van der Waals surface area contributed by atoms with Crippen molar-refractivity contribution in [2.24, 2.45) is 0 Å². The summed E-state index contributed by atoms with van der Waals surface area (Å²) in [5.74, 6) is 0. The maximum Gasteiger partial charge on any atom is 0.147 e. The van der Waals surface area contributed by atoms with Gasteiger partial charge in [-0.15, -0.1) is 0 Å². The minimum atomic E-state index is 0.245. The molecule has 3 nitrogen and oxygen atoms in total. The molecule has 84 valence electrons. The fraction of sp³-hybridized carbons (Fsp3) is 0.154. The summed E-state index contributed by atoms with van der Waals surface area (Å²) in [5, 5.41) is 9.24. The van der Waals surface area contributed by atoms with Gasteiger partial charge in [0.15, 0.2) is 0 Å². The summed E-state index contributed by atoms with van der Waals surface area (Å²) in [6.45, 7) is 3.81. The molecular weight excluding hydrogens is 234 g/mol. The molecule has 2 rings (SSSR count). The standard InChI is InChI=1S/C13H10ClN3/c1-8-9(2)12(10-4-3-5-16-7-10)17-13(14)11(8)6-15/h3-5,7H,1-2H3. The molecule has 0 aromatic carbocycles. The van der Waals surface area contributed by atoms with E-state index in [4.69, 9.17) is 16.9 Å². The molecule has 0 bridgehead atoms. The van der Waals surface area contributed by atoms with E-state index >= 15 is 0 Å². The number of rotatable bonds is 1. The third kappa shape index (κ3) is 2.00. The van der Waals surface area contributed by atoms with Crippen LogP contribution in [-0.4, -0.2) is 9.97 Å². The van der Waals surface area contributed by atoms with Gasteiger partial charge in [-0.05, 0) is 37.1 Å². The van der Waals surface area contributed by atoms with Crippen molar-refractivity contribution in [1.82, 2.24) is 9.97 Å². The molecule has 17 heavy (non-hydrogen) atoms. The van der Waals surface area contributed by atoms with E-state index in [1.54, 1.807) is 12.4 Å². The highest BCUT2D eigenvalue weighted by Crippen LogP contribution is 2.28. The van der Waals surface area contributed by atoms with Gasteiger partial charge >= 0.3 is 0 Å². The highest BCUT2D eigenvalue weighted by atomic mass is 35.5. The van der Waals surface area contributed by atoms with Crippen LogP contribution in [0.5, 0.6) is 0 Å². The Morgan fingerprint density at radius 2 is 2.06 bits per heavy atom. The van der Waals surface area contributed by atoms with E-state index in [2.05, 4.69) is 16.0 Å². The van der Waals surface area contributed by atoms with Gasteiger partial charge in [-0.3, -0.25) is 4.98 Å². The first kappa shape index (κ1) is 11.6. The Morgan fingerprint density at radius 1 is 1.29 bits per heavy atom. The zero-order valence-electron chi connectivity index (χ0n) is 9.53. The molecule has 2 aromatic heterocycles. The molecule has 0 radical (unpaired) electrons. The number of nitriles is 1. The summed E-state index contributed by atoms with van der Waals surface area (Å²) in [4.78, 5) is 8.33. The summed E-state index contributed by atoms with van der Waals surface area (Å²) < 4.78 is 0. The monoisotopic (exact) mass is 243 g/mol. The average Bonchev–Trinajstić information content (AvgIpc) is 2.35. The molecule has 2 aromatic rings. The lowest BCUT2D eigenvalue weighted by atomic mass is 10.0. The van der Waals surface area contributed by atoms with Gasteiger partial charge in [0, 0.05) is 18.0 Å². The second-order valence-corrected chi connectivity index (χ2v) is 4.09. The number of halogens is 1. The van der Waals surface area contributed by atoms with Crippen molar-refractivity contribution in [1.29, 1.82) is 5.26 Å². The zero-order chi connectivity index (χ0) is 12.4. The molecule has 0 atom stereocenters. The zero-order valence-corrected chi connectivity index (χ0v) is 10.3. The van der Waals surface area contributed by atoms with Crippen molar-refractivity contribution in [2.45, 2.75) is 13.8 Å². The van der Waals surface area contributed by atoms with Crippen molar-refractivity contribution in [3.05, 3.63) is 46.4 Å². The number of hydrogen-bond donors (Lipinski definition) is 0. The molecule has 0 fully saturated rings. The average molecular weight is 244 g/mol. The Hall–Kier alpha value is -1.92. The number of hydrogen-bond acceptors (Lipinski definition) is 3. The predicted molar refractivity (Wildman–Crippen MR) is 66.7 cm³/mol. The van der Waals surface area contributed by atoms with Crippen LogP contribution in [0.1, 0.15) is 16.7 Å². The van der Waals surface area contributed by atoms with Gasteiger partial charge in [-0.1, -0.05) is 11.6 Å². The molecular formula is C13H10ClN3. The third-order valence-corrected chi connectivity index (χ3v) is 3.03. The summed E-state index contributed by atoms with van der Waals surface area (Å²) in [6.07, 6.45) is 3.44. The number of aromatic nitrogens is 2. The van der Waals surface area contributed by atoms with E-state index in [-0.39, 0.29) is 5.15 Å². The fourth-order valence-electron chi connectivity index (χ4n) is 1.67. The molecule has 0 unspecified atom stereocenters. The van der Waals surface area contributed by atoms with Gasteiger partial charge in [0.1, 0.15) is 11.2 Å². The Balaban J connectivity index is 2.71. The van der Waals surface area contributed by atoms with Gasteiger partial charge in [0.25, 0.3) is 0 Å². The molecule has 0 N–H and O–H groups in total.